The van der Waals surface area contributed by atoms with Crippen LogP contribution in [0.15, 0.2) is 53.3 Å². The molecule has 172 valence electrons. The summed E-state index contributed by atoms with van der Waals surface area (Å²) in [5.74, 6) is -2.72. The highest BCUT2D eigenvalue weighted by atomic mass is 19.1. The van der Waals surface area contributed by atoms with Crippen molar-refractivity contribution >= 4 is 23.2 Å². The molecule has 3 rings (SSSR count). The van der Waals surface area contributed by atoms with E-state index in [2.05, 4.69) is 15.7 Å². The molecular weight excluding hydrogens is 430 g/mol. The summed E-state index contributed by atoms with van der Waals surface area (Å²) in [4.78, 5) is 37.1. The Morgan fingerprint density at radius 3 is 2.27 bits per heavy atom. The van der Waals surface area contributed by atoms with Gasteiger partial charge in [-0.15, -0.1) is 0 Å². The van der Waals surface area contributed by atoms with Crippen molar-refractivity contribution in [2.75, 3.05) is 10.6 Å². The molecule has 1 heterocycles. The van der Waals surface area contributed by atoms with E-state index >= 15 is 0 Å². The fraction of sp³-hybridized carbons (Fsp3) is 0.250. The number of nitrogens with zero attached hydrogens (tertiary/aromatic N) is 2. The molecular formula is C24H24F2N4O3. The molecule has 0 radical (unpaired) electrons. The molecule has 0 aliphatic heterocycles. The van der Waals surface area contributed by atoms with Crippen LogP contribution in [-0.2, 0) is 9.59 Å². The van der Waals surface area contributed by atoms with E-state index in [1.807, 2.05) is 13.0 Å². The molecule has 2 aromatic carbocycles. The van der Waals surface area contributed by atoms with E-state index in [4.69, 9.17) is 0 Å². The Morgan fingerprint density at radius 1 is 0.909 bits per heavy atom. The van der Waals surface area contributed by atoms with Crippen molar-refractivity contribution in [3.8, 4) is 11.3 Å². The predicted octanol–water partition coefficient (Wildman–Crippen LogP) is 4.29. The Bertz CT molecular complexity index is 1270. The molecule has 2 N–H and O–H groups in total. The average molecular weight is 454 g/mol. The molecule has 0 aliphatic carbocycles. The van der Waals surface area contributed by atoms with Gasteiger partial charge >= 0.3 is 0 Å². The van der Waals surface area contributed by atoms with Crippen LogP contribution in [0.4, 0.5) is 20.2 Å². The topological polar surface area (TPSA) is 93.1 Å². The first kappa shape index (κ1) is 23.8. The maximum atomic E-state index is 13.9. The summed E-state index contributed by atoms with van der Waals surface area (Å²) in [6.45, 7) is 6.87. The van der Waals surface area contributed by atoms with E-state index in [9.17, 15) is 23.2 Å². The highest BCUT2D eigenvalue weighted by Gasteiger charge is 2.20. The van der Waals surface area contributed by atoms with Gasteiger partial charge in [0.25, 0.3) is 5.56 Å². The summed E-state index contributed by atoms with van der Waals surface area (Å²) in [6, 6.07) is 9.82. The second-order valence-electron chi connectivity index (χ2n) is 7.96. The molecule has 0 saturated heterocycles. The summed E-state index contributed by atoms with van der Waals surface area (Å²) in [5, 5.41) is 9.51. The van der Waals surface area contributed by atoms with Crippen molar-refractivity contribution in [3.05, 3.63) is 76.1 Å². The molecule has 0 spiro atoms. The van der Waals surface area contributed by atoms with Crippen molar-refractivity contribution in [2.24, 2.45) is 5.92 Å². The highest BCUT2D eigenvalue weighted by Crippen LogP contribution is 2.24. The second-order valence-corrected chi connectivity index (χ2v) is 7.96. The molecule has 1 aromatic heterocycles. The predicted molar refractivity (Wildman–Crippen MR) is 122 cm³/mol. The number of hydrogen-bond donors (Lipinski definition) is 2. The Morgan fingerprint density at radius 2 is 1.61 bits per heavy atom. The number of halogens is 2. The van der Waals surface area contributed by atoms with Crippen LogP contribution >= 0.6 is 0 Å². The molecule has 0 fully saturated rings. The minimum Gasteiger partial charge on any atom is -0.326 e. The molecule has 0 saturated carbocycles. The van der Waals surface area contributed by atoms with Gasteiger partial charge in [0.05, 0.1) is 11.4 Å². The minimum absolute atomic E-state index is 0.133. The maximum absolute atomic E-state index is 13.9. The van der Waals surface area contributed by atoms with Gasteiger partial charge < -0.3 is 10.6 Å². The Balaban J connectivity index is 1.89. The van der Waals surface area contributed by atoms with Crippen molar-refractivity contribution in [2.45, 2.75) is 33.7 Å². The van der Waals surface area contributed by atoms with Crippen LogP contribution < -0.4 is 16.2 Å². The second kappa shape index (κ2) is 9.72. The lowest BCUT2D eigenvalue weighted by Crippen LogP contribution is -2.33. The lowest BCUT2D eigenvalue weighted by Gasteiger charge is -2.16. The molecule has 0 bridgehead atoms. The number of amides is 2. The first-order chi connectivity index (χ1) is 15.6. The fourth-order valence-corrected chi connectivity index (χ4v) is 2.99. The summed E-state index contributed by atoms with van der Waals surface area (Å²) >= 11 is 0. The van der Waals surface area contributed by atoms with Crippen LogP contribution in [0.5, 0.6) is 0 Å². The number of nitrogens with one attached hydrogen (secondary N) is 2. The Labute approximate surface area is 189 Å². The van der Waals surface area contributed by atoms with Crippen LogP contribution in [0.1, 0.15) is 32.4 Å². The third kappa shape index (κ3) is 5.49. The van der Waals surface area contributed by atoms with Gasteiger partial charge in [0, 0.05) is 29.3 Å². The van der Waals surface area contributed by atoms with Crippen LogP contribution in [0.25, 0.3) is 11.3 Å². The number of anilines is 2. The Kier molecular flexibility index (Phi) is 7.01. The van der Waals surface area contributed by atoms with Crippen molar-refractivity contribution in [3.63, 3.8) is 0 Å². The number of rotatable bonds is 6. The van der Waals surface area contributed by atoms with E-state index in [1.165, 1.54) is 19.1 Å². The van der Waals surface area contributed by atoms with Gasteiger partial charge in [-0.05, 0) is 43.7 Å². The number of hydrogen-bond acceptors (Lipinski definition) is 4. The van der Waals surface area contributed by atoms with Gasteiger partial charge in [0.15, 0.2) is 0 Å². The standard InChI is InChI=1S/C24H24F2N4O3/c1-13(2)23(32)28-21-11-16(6-5-14(21)3)19-9-10-22(31)30(29-19)15(4)24(33)27-20-8-7-17(25)12-18(20)26/h5-13,15H,1-4H3,(H,27,33)(H,28,32)/t15-/m1/s1. The zero-order valence-electron chi connectivity index (χ0n) is 18.6. The summed E-state index contributed by atoms with van der Waals surface area (Å²) < 4.78 is 28.0. The molecule has 7 nitrogen and oxygen atoms in total. The Hall–Kier alpha value is -3.88. The highest BCUT2D eigenvalue weighted by molar-refractivity contribution is 5.94. The van der Waals surface area contributed by atoms with E-state index in [0.717, 1.165) is 22.4 Å². The first-order valence-corrected chi connectivity index (χ1v) is 10.3. The number of aryl methyl sites for hydroxylation is 1. The lowest BCUT2D eigenvalue weighted by molar-refractivity contribution is -0.119. The van der Waals surface area contributed by atoms with Gasteiger partial charge in [0.1, 0.15) is 17.7 Å². The molecule has 2 amide bonds. The minimum atomic E-state index is -1.08. The van der Waals surface area contributed by atoms with E-state index in [1.54, 1.807) is 26.0 Å². The molecule has 0 unspecified atom stereocenters. The zero-order chi connectivity index (χ0) is 24.3. The number of carbonyl (C=O) groups excluding carboxylic acids is 2. The largest absolute Gasteiger partial charge is 0.326 e. The van der Waals surface area contributed by atoms with Crippen LogP contribution in [0, 0.1) is 24.5 Å². The monoisotopic (exact) mass is 454 g/mol. The van der Waals surface area contributed by atoms with E-state index < -0.39 is 29.1 Å². The SMILES string of the molecule is Cc1ccc(-c2ccc(=O)n([C@H](C)C(=O)Nc3ccc(F)cc3F)n2)cc1NC(=O)C(C)C. The molecule has 9 heteroatoms. The molecule has 0 aliphatic rings. The third-order valence-electron chi connectivity index (χ3n) is 5.08. The molecule has 1 atom stereocenters. The van der Waals surface area contributed by atoms with Crippen LogP contribution in [-0.4, -0.2) is 21.6 Å². The maximum Gasteiger partial charge on any atom is 0.267 e. The van der Waals surface area contributed by atoms with Crippen molar-refractivity contribution in [1.82, 2.24) is 9.78 Å². The van der Waals surface area contributed by atoms with Crippen molar-refractivity contribution in [1.29, 1.82) is 0 Å². The first-order valence-electron chi connectivity index (χ1n) is 10.3. The fourth-order valence-electron chi connectivity index (χ4n) is 2.99. The lowest BCUT2D eigenvalue weighted by atomic mass is 10.1. The van der Waals surface area contributed by atoms with E-state index in [-0.39, 0.29) is 17.5 Å². The molecule has 33 heavy (non-hydrogen) atoms. The van der Waals surface area contributed by atoms with Gasteiger partial charge in [0.2, 0.25) is 11.8 Å². The van der Waals surface area contributed by atoms with Gasteiger partial charge in [-0.2, -0.15) is 5.10 Å². The van der Waals surface area contributed by atoms with Gasteiger partial charge in [-0.3, -0.25) is 14.4 Å². The van der Waals surface area contributed by atoms with Gasteiger partial charge in [-0.1, -0.05) is 26.0 Å². The normalized spacial score (nSPS) is 11.8. The average Bonchev–Trinajstić information content (AvgIpc) is 2.77. The quantitative estimate of drug-likeness (QED) is 0.581. The number of aromatic nitrogens is 2. The van der Waals surface area contributed by atoms with Crippen LogP contribution in [0.3, 0.4) is 0 Å². The number of benzene rings is 2. The summed E-state index contributed by atoms with van der Waals surface area (Å²) in [7, 11) is 0. The van der Waals surface area contributed by atoms with Crippen LogP contribution in [0.2, 0.25) is 0 Å². The van der Waals surface area contributed by atoms with Gasteiger partial charge in [-0.25, -0.2) is 13.5 Å². The summed E-state index contributed by atoms with van der Waals surface area (Å²) in [6.07, 6.45) is 0. The number of carbonyl (C=O) groups is 2. The zero-order valence-corrected chi connectivity index (χ0v) is 18.6. The smallest absolute Gasteiger partial charge is 0.267 e. The third-order valence-corrected chi connectivity index (χ3v) is 5.08. The molecule has 3 aromatic rings. The summed E-state index contributed by atoms with van der Waals surface area (Å²) in [5.41, 5.74) is 1.77. The van der Waals surface area contributed by atoms with Crippen molar-refractivity contribution < 1.29 is 18.4 Å². The van der Waals surface area contributed by atoms with E-state index in [0.29, 0.717) is 23.0 Å².